The number of carbonyl (C=O) groups excluding carboxylic acids is 1. The van der Waals surface area contributed by atoms with Gasteiger partial charge in [-0.05, 0) is 31.5 Å². The molecule has 0 aromatic heterocycles. The van der Waals surface area contributed by atoms with Gasteiger partial charge in [0, 0.05) is 55.7 Å². The van der Waals surface area contributed by atoms with E-state index in [2.05, 4.69) is 24.0 Å². The number of rotatable bonds is 5. The first-order valence-corrected chi connectivity index (χ1v) is 10.3. The van der Waals surface area contributed by atoms with E-state index >= 15 is 0 Å². The lowest BCUT2D eigenvalue weighted by molar-refractivity contribution is -0.180. The molecule has 29 heavy (non-hydrogen) atoms. The van der Waals surface area contributed by atoms with Gasteiger partial charge < -0.3 is 15.4 Å². The quantitative estimate of drug-likeness (QED) is 0.714. The van der Waals surface area contributed by atoms with Gasteiger partial charge in [-0.2, -0.15) is 0 Å². The summed E-state index contributed by atoms with van der Waals surface area (Å²) in [5.74, 6) is 0.0715. The van der Waals surface area contributed by atoms with E-state index in [1.54, 1.807) is 0 Å². The van der Waals surface area contributed by atoms with Crippen molar-refractivity contribution in [2.24, 2.45) is 11.1 Å². The molecule has 1 aromatic carbocycles. The highest BCUT2D eigenvalue weighted by Crippen LogP contribution is 2.50. The van der Waals surface area contributed by atoms with E-state index in [0.29, 0.717) is 32.2 Å². The van der Waals surface area contributed by atoms with Crippen LogP contribution in [0, 0.1) is 5.41 Å². The molecule has 2 N–H and O–H groups in total. The Kier molecular flexibility index (Phi) is 9.28. The van der Waals surface area contributed by atoms with Gasteiger partial charge in [-0.25, -0.2) is 0 Å². The second-order valence-electron chi connectivity index (χ2n) is 8.40. The summed E-state index contributed by atoms with van der Waals surface area (Å²) in [5, 5.41) is 0.753. The number of hydrogen-bond donors (Lipinski definition) is 1. The monoisotopic (exact) mass is 465 g/mol. The van der Waals surface area contributed by atoms with Crippen LogP contribution >= 0.6 is 36.4 Å². The lowest BCUT2D eigenvalue weighted by Crippen LogP contribution is -2.76. The Balaban J connectivity index is 0.00000210. The zero-order chi connectivity index (χ0) is 19.8. The van der Waals surface area contributed by atoms with Crippen LogP contribution in [-0.2, 0) is 9.53 Å². The largest absolute Gasteiger partial charge is 0.378 e. The molecule has 3 rings (SSSR count). The average molecular weight is 467 g/mol. The van der Waals surface area contributed by atoms with E-state index in [9.17, 15) is 4.79 Å². The van der Waals surface area contributed by atoms with Crippen LogP contribution in [0.2, 0.25) is 5.02 Å². The molecule has 0 radical (unpaired) electrons. The standard InChI is InChI=1S/C21H32ClN3O2.2ClH/c1-5-27-18-14-21(23,20(18,3)4)19(26)25-12-10-24(11-13-25)15(2)16-6-8-17(22)9-7-16;;/h6-9,15,18H,5,10-14,23H2,1-4H3;2*1H. The van der Waals surface area contributed by atoms with Crippen molar-refractivity contribution in [3.05, 3.63) is 34.9 Å². The predicted molar refractivity (Wildman–Crippen MR) is 123 cm³/mol. The number of piperazine rings is 1. The Morgan fingerprint density at radius 2 is 1.76 bits per heavy atom. The van der Waals surface area contributed by atoms with Gasteiger partial charge >= 0.3 is 0 Å². The third kappa shape index (κ3) is 4.86. The van der Waals surface area contributed by atoms with E-state index in [0.717, 1.165) is 18.1 Å². The summed E-state index contributed by atoms with van der Waals surface area (Å²) in [6.45, 7) is 12.1. The van der Waals surface area contributed by atoms with Gasteiger partial charge in [0.2, 0.25) is 5.91 Å². The molecule has 2 fully saturated rings. The van der Waals surface area contributed by atoms with Crippen LogP contribution in [0.15, 0.2) is 24.3 Å². The van der Waals surface area contributed by atoms with Crippen LogP contribution in [0.5, 0.6) is 0 Å². The molecule has 166 valence electrons. The first kappa shape index (κ1) is 26.5. The lowest BCUT2D eigenvalue weighted by atomic mass is 9.54. The fourth-order valence-electron chi connectivity index (χ4n) is 4.34. The predicted octanol–water partition coefficient (Wildman–Crippen LogP) is 3.92. The number of nitrogens with zero attached hydrogens (tertiary/aromatic N) is 2. The van der Waals surface area contributed by atoms with E-state index < -0.39 is 5.54 Å². The van der Waals surface area contributed by atoms with Crippen molar-refractivity contribution in [2.45, 2.75) is 51.8 Å². The Bertz CT molecular complexity index is 678. The number of halogens is 3. The molecule has 1 saturated heterocycles. The Morgan fingerprint density at radius 1 is 1.21 bits per heavy atom. The summed E-state index contributed by atoms with van der Waals surface area (Å²) in [6, 6.07) is 8.31. The first-order valence-electron chi connectivity index (χ1n) is 9.90. The third-order valence-electron chi connectivity index (χ3n) is 6.71. The highest BCUT2D eigenvalue weighted by molar-refractivity contribution is 6.30. The number of nitrogens with two attached hydrogens (primary N) is 1. The number of hydrogen-bond acceptors (Lipinski definition) is 4. The molecule has 3 atom stereocenters. The molecule has 1 saturated carbocycles. The first-order chi connectivity index (χ1) is 12.7. The Labute approximate surface area is 192 Å². The van der Waals surface area contributed by atoms with Crippen molar-refractivity contribution < 1.29 is 9.53 Å². The summed E-state index contributed by atoms with van der Waals surface area (Å²) >= 11 is 5.99. The summed E-state index contributed by atoms with van der Waals surface area (Å²) in [7, 11) is 0. The van der Waals surface area contributed by atoms with Crippen molar-refractivity contribution in [1.82, 2.24) is 9.80 Å². The molecule has 1 aliphatic heterocycles. The number of carbonyl (C=O) groups is 1. The topological polar surface area (TPSA) is 58.8 Å². The van der Waals surface area contributed by atoms with E-state index in [4.69, 9.17) is 22.1 Å². The van der Waals surface area contributed by atoms with Gasteiger partial charge in [0.05, 0.1) is 6.10 Å². The minimum atomic E-state index is -0.823. The van der Waals surface area contributed by atoms with Gasteiger partial charge in [0.1, 0.15) is 5.54 Å². The zero-order valence-corrected chi connectivity index (χ0v) is 20.1. The van der Waals surface area contributed by atoms with Gasteiger partial charge in [-0.1, -0.05) is 37.6 Å². The van der Waals surface area contributed by atoms with E-state index in [1.807, 2.05) is 37.8 Å². The minimum absolute atomic E-state index is 0. The van der Waals surface area contributed by atoms with Crippen molar-refractivity contribution in [1.29, 1.82) is 0 Å². The maximum atomic E-state index is 13.2. The molecule has 1 heterocycles. The fraction of sp³-hybridized carbons (Fsp3) is 0.667. The molecular formula is C21H34Cl3N3O2. The molecule has 1 aliphatic carbocycles. The maximum absolute atomic E-state index is 13.2. The number of amides is 1. The van der Waals surface area contributed by atoms with E-state index in [1.165, 1.54) is 5.56 Å². The molecular weight excluding hydrogens is 433 g/mol. The molecule has 1 amide bonds. The zero-order valence-electron chi connectivity index (χ0n) is 17.7. The minimum Gasteiger partial charge on any atom is -0.378 e. The molecule has 3 unspecified atom stereocenters. The number of benzene rings is 1. The van der Waals surface area contributed by atoms with Crippen LogP contribution in [0.25, 0.3) is 0 Å². The molecule has 8 heteroatoms. The maximum Gasteiger partial charge on any atom is 0.243 e. The summed E-state index contributed by atoms with van der Waals surface area (Å²) in [6.07, 6.45) is 0.663. The van der Waals surface area contributed by atoms with Crippen molar-refractivity contribution >= 4 is 42.3 Å². The van der Waals surface area contributed by atoms with Crippen LogP contribution in [0.1, 0.15) is 45.7 Å². The Morgan fingerprint density at radius 3 is 2.24 bits per heavy atom. The second-order valence-corrected chi connectivity index (χ2v) is 8.83. The highest BCUT2D eigenvalue weighted by atomic mass is 35.5. The van der Waals surface area contributed by atoms with Gasteiger partial charge in [-0.15, -0.1) is 24.8 Å². The molecule has 0 spiro atoms. The second kappa shape index (κ2) is 10.2. The Hall–Kier alpha value is -0.560. The smallest absolute Gasteiger partial charge is 0.243 e. The lowest BCUT2D eigenvalue weighted by Gasteiger charge is -2.59. The van der Waals surface area contributed by atoms with Crippen LogP contribution in [-0.4, -0.2) is 60.1 Å². The SMILES string of the molecule is CCOC1CC(N)(C(=O)N2CCN(C(C)c3ccc(Cl)cc3)CC2)C1(C)C.Cl.Cl. The van der Waals surface area contributed by atoms with Gasteiger partial charge in [0.15, 0.2) is 0 Å². The molecule has 1 aromatic rings. The van der Waals surface area contributed by atoms with Crippen molar-refractivity contribution in [3.8, 4) is 0 Å². The molecule has 0 bridgehead atoms. The normalized spacial score (nSPS) is 27.2. The summed E-state index contributed by atoms with van der Waals surface area (Å²) in [4.78, 5) is 17.5. The molecule has 2 aliphatic rings. The van der Waals surface area contributed by atoms with Crippen molar-refractivity contribution in [2.75, 3.05) is 32.8 Å². The van der Waals surface area contributed by atoms with Gasteiger partial charge in [0.25, 0.3) is 0 Å². The van der Waals surface area contributed by atoms with Crippen LogP contribution in [0.3, 0.4) is 0 Å². The van der Waals surface area contributed by atoms with Gasteiger partial charge in [-0.3, -0.25) is 9.69 Å². The van der Waals surface area contributed by atoms with Crippen LogP contribution < -0.4 is 5.73 Å². The van der Waals surface area contributed by atoms with Crippen LogP contribution in [0.4, 0.5) is 0 Å². The fourth-order valence-corrected chi connectivity index (χ4v) is 4.47. The average Bonchev–Trinajstić information content (AvgIpc) is 2.67. The number of ether oxygens (including phenoxy) is 1. The molecule has 5 nitrogen and oxygen atoms in total. The van der Waals surface area contributed by atoms with Crippen molar-refractivity contribution in [3.63, 3.8) is 0 Å². The highest BCUT2D eigenvalue weighted by Gasteiger charge is 2.63. The third-order valence-corrected chi connectivity index (χ3v) is 6.97. The van der Waals surface area contributed by atoms with E-state index in [-0.39, 0.29) is 42.2 Å². The summed E-state index contributed by atoms with van der Waals surface area (Å²) < 4.78 is 5.76. The summed E-state index contributed by atoms with van der Waals surface area (Å²) in [5.41, 5.74) is 6.66.